The number of carbonyl (C=O) groups excluding carboxylic acids is 1. The van der Waals surface area contributed by atoms with E-state index in [0.717, 1.165) is 5.56 Å². The maximum Gasteiger partial charge on any atom is 0.241 e. The van der Waals surface area contributed by atoms with Crippen molar-refractivity contribution >= 4 is 27.5 Å². The van der Waals surface area contributed by atoms with E-state index in [2.05, 4.69) is 4.72 Å². The molecule has 2 aromatic rings. The SMILES string of the molecule is CC(NS(=O)(=O)c1ccccc1)C(=O)N(C)Cc1ccc(Cl)cc1. The zero-order chi connectivity index (χ0) is 17.7. The van der Waals surface area contributed by atoms with Gasteiger partial charge in [-0.3, -0.25) is 4.79 Å². The lowest BCUT2D eigenvalue weighted by atomic mass is 10.2. The molecule has 0 radical (unpaired) electrons. The monoisotopic (exact) mass is 366 g/mol. The standard InChI is InChI=1S/C17H19ClN2O3S/c1-13(19-24(22,23)16-6-4-3-5-7-16)17(21)20(2)12-14-8-10-15(18)11-9-14/h3-11,13,19H,12H2,1-2H3. The number of hydrogen-bond acceptors (Lipinski definition) is 3. The topological polar surface area (TPSA) is 66.5 Å². The van der Waals surface area contributed by atoms with Crippen molar-refractivity contribution in [3.05, 3.63) is 65.2 Å². The Morgan fingerprint density at radius 3 is 2.29 bits per heavy atom. The first-order valence-corrected chi connectivity index (χ1v) is 9.22. The van der Waals surface area contributed by atoms with Crippen LogP contribution < -0.4 is 4.72 Å². The molecule has 5 nitrogen and oxygen atoms in total. The Morgan fingerprint density at radius 2 is 1.71 bits per heavy atom. The number of nitrogens with one attached hydrogen (secondary N) is 1. The van der Waals surface area contributed by atoms with Crippen LogP contribution in [0.25, 0.3) is 0 Å². The highest BCUT2D eigenvalue weighted by Crippen LogP contribution is 2.12. The van der Waals surface area contributed by atoms with Crippen molar-refractivity contribution in [3.8, 4) is 0 Å². The molecular weight excluding hydrogens is 348 g/mol. The number of nitrogens with zero attached hydrogens (tertiary/aromatic N) is 1. The van der Waals surface area contributed by atoms with Gasteiger partial charge in [0, 0.05) is 18.6 Å². The molecule has 24 heavy (non-hydrogen) atoms. The molecule has 0 aromatic heterocycles. The van der Waals surface area contributed by atoms with Crippen LogP contribution in [-0.4, -0.2) is 32.3 Å². The van der Waals surface area contributed by atoms with Crippen LogP contribution in [0.15, 0.2) is 59.5 Å². The number of amides is 1. The highest BCUT2D eigenvalue weighted by Gasteiger charge is 2.24. The first kappa shape index (κ1) is 18.4. The Hall–Kier alpha value is -1.89. The number of benzene rings is 2. The number of carbonyl (C=O) groups is 1. The van der Waals surface area contributed by atoms with Gasteiger partial charge < -0.3 is 4.90 Å². The van der Waals surface area contributed by atoms with Gasteiger partial charge in [0.2, 0.25) is 15.9 Å². The Balaban J connectivity index is 2.02. The number of likely N-dealkylation sites (N-methyl/N-ethyl adjacent to an activating group) is 1. The van der Waals surface area contributed by atoms with Gasteiger partial charge in [-0.05, 0) is 36.8 Å². The summed E-state index contributed by atoms with van der Waals surface area (Å²) in [5.41, 5.74) is 0.911. The Morgan fingerprint density at radius 1 is 1.12 bits per heavy atom. The molecule has 0 aliphatic heterocycles. The quantitative estimate of drug-likeness (QED) is 0.854. The van der Waals surface area contributed by atoms with Crippen molar-refractivity contribution in [2.24, 2.45) is 0 Å². The smallest absolute Gasteiger partial charge is 0.241 e. The Kier molecular flexibility index (Phi) is 5.99. The van der Waals surface area contributed by atoms with Crippen LogP contribution >= 0.6 is 11.6 Å². The summed E-state index contributed by atoms with van der Waals surface area (Å²) in [6.07, 6.45) is 0. The zero-order valence-electron chi connectivity index (χ0n) is 13.4. The van der Waals surface area contributed by atoms with E-state index in [1.54, 1.807) is 37.4 Å². The molecule has 0 spiro atoms. The summed E-state index contributed by atoms with van der Waals surface area (Å²) in [7, 11) is -2.10. The summed E-state index contributed by atoms with van der Waals surface area (Å²) in [6, 6.07) is 14.2. The molecule has 0 saturated carbocycles. The normalized spacial score (nSPS) is 12.6. The predicted octanol–water partition coefficient (Wildman–Crippen LogP) is 2.67. The molecule has 128 valence electrons. The molecule has 7 heteroatoms. The van der Waals surface area contributed by atoms with Crippen molar-refractivity contribution in [2.75, 3.05) is 7.05 Å². The van der Waals surface area contributed by atoms with Crippen LogP contribution in [0.4, 0.5) is 0 Å². The summed E-state index contributed by atoms with van der Waals surface area (Å²) in [5, 5.41) is 0.622. The Labute approximate surface area is 147 Å². The molecule has 0 aliphatic carbocycles. The highest BCUT2D eigenvalue weighted by atomic mass is 35.5. The third-order valence-corrected chi connectivity index (χ3v) is 5.27. The zero-order valence-corrected chi connectivity index (χ0v) is 15.0. The van der Waals surface area contributed by atoms with Crippen LogP contribution in [0.2, 0.25) is 5.02 Å². The van der Waals surface area contributed by atoms with Crippen LogP contribution in [0.1, 0.15) is 12.5 Å². The van der Waals surface area contributed by atoms with E-state index in [1.165, 1.54) is 24.0 Å². The minimum absolute atomic E-state index is 0.130. The van der Waals surface area contributed by atoms with E-state index in [1.807, 2.05) is 12.1 Å². The van der Waals surface area contributed by atoms with E-state index in [0.29, 0.717) is 11.6 Å². The van der Waals surface area contributed by atoms with Crippen molar-refractivity contribution < 1.29 is 13.2 Å². The number of halogens is 1. The second-order valence-corrected chi connectivity index (χ2v) is 7.63. The van der Waals surface area contributed by atoms with Gasteiger partial charge in [0.1, 0.15) is 0 Å². The van der Waals surface area contributed by atoms with E-state index in [4.69, 9.17) is 11.6 Å². The van der Waals surface area contributed by atoms with Gasteiger partial charge in [0.15, 0.2) is 0 Å². The molecule has 1 amide bonds. The van der Waals surface area contributed by atoms with Crippen molar-refractivity contribution in [3.63, 3.8) is 0 Å². The summed E-state index contributed by atoms with van der Waals surface area (Å²) in [5.74, 6) is -0.315. The van der Waals surface area contributed by atoms with Gasteiger partial charge in [-0.1, -0.05) is 41.9 Å². The minimum atomic E-state index is -3.73. The summed E-state index contributed by atoms with van der Waals surface area (Å²) in [6.45, 7) is 1.90. The van der Waals surface area contributed by atoms with E-state index in [9.17, 15) is 13.2 Å². The number of hydrogen-bond donors (Lipinski definition) is 1. The molecule has 1 unspecified atom stereocenters. The second kappa shape index (κ2) is 7.79. The fourth-order valence-corrected chi connectivity index (χ4v) is 3.57. The van der Waals surface area contributed by atoms with Crippen molar-refractivity contribution in [1.29, 1.82) is 0 Å². The van der Waals surface area contributed by atoms with Crippen LogP contribution in [-0.2, 0) is 21.4 Å². The van der Waals surface area contributed by atoms with Crippen LogP contribution in [0, 0.1) is 0 Å². The first-order chi connectivity index (χ1) is 11.3. The van der Waals surface area contributed by atoms with Gasteiger partial charge >= 0.3 is 0 Å². The van der Waals surface area contributed by atoms with Gasteiger partial charge in [0.25, 0.3) is 0 Å². The lowest BCUT2D eigenvalue weighted by Crippen LogP contribution is -2.45. The molecule has 0 bridgehead atoms. The highest BCUT2D eigenvalue weighted by molar-refractivity contribution is 7.89. The molecule has 1 N–H and O–H groups in total. The molecule has 0 saturated heterocycles. The molecule has 2 rings (SSSR count). The van der Waals surface area contributed by atoms with Gasteiger partial charge in [-0.2, -0.15) is 4.72 Å². The summed E-state index contributed by atoms with van der Waals surface area (Å²) >= 11 is 5.83. The largest absolute Gasteiger partial charge is 0.340 e. The number of rotatable bonds is 6. The fourth-order valence-electron chi connectivity index (χ4n) is 2.22. The summed E-state index contributed by atoms with van der Waals surface area (Å²) in [4.78, 5) is 14.0. The summed E-state index contributed by atoms with van der Waals surface area (Å²) < 4.78 is 26.9. The van der Waals surface area contributed by atoms with Gasteiger partial charge in [-0.25, -0.2) is 8.42 Å². The maximum atomic E-state index is 12.4. The fraction of sp³-hybridized carbons (Fsp3) is 0.235. The molecule has 0 heterocycles. The van der Waals surface area contributed by atoms with Crippen LogP contribution in [0.3, 0.4) is 0 Å². The number of sulfonamides is 1. The second-order valence-electron chi connectivity index (χ2n) is 5.48. The lowest BCUT2D eigenvalue weighted by molar-refractivity contribution is -0.131. The average Bonchev–Trinajstić information content (AvgIpc) is 2.56. The van der Waals surface area contributed by atoms with Crippen LogP contribution in [0.5, 0.6) is 0 Å². The third-order valence-electron chi connectivity index (χ3n) is 3.47. The molecule has 0 aliphatic rings. The van der Waals surface area contributed by atoms with E-state index < -0.39 is 16.1 Å². The van der Waals surface area contributed by atoms with Gasteiger partial charge in [0.05, 0.1) is 10.9 Å². The average molecular weight is 367 g/mol. The van der Waals surface area contributed by atoms with Crippen molar-refractivity contribution in [2.45, 2.75) is 24.4 Å². The minimum Gasteiger partial charge on any atom is -0.340 e. The van der Waals surface area contributed by atoms with Gasteiger partial charge in [-0.15, -0.1) is 0 Å². The predicted molar refractivity (Wildman–Crippen MR) is 94.2 cm³/mol. The third kappa shape index (κ3) is 4.80. The van der Waals surface area contributed by atoms with Crippen molar-refractivity contribution in [1.82, 2.24) is 9.62 Å². The molecule has 2 aromatic carbocycles. The molecule has 1 atom stereocenters. The van der Waals surface area contributed by atoms with E-state index in [-0.39, 0.29) is 10.8 Å². The molecular formula is C17H19ClN2O3S. The first-order valence-electron chi connectivity index (χ1n) is 7.36. The lowest BCUT2D eigenvalue weighted by Gasteiger charge is -2.22. The van der Waals surface area contributed by atoms with E-state index >= 15 is 0 Å². The maximum absolute atomic E-state index is 12.4. The molecule has 0 fully saturated rings. The Bertz CT molecular complexity index is 792.